The summed E-state index contributed by atoms with van der Waals surface area (Å²) in [6.45, 7) is 0. The minimum atomic E-state index is 0. The van der Waals surface area contributed by atoms with Gasteiger partial charge in [0.05, 0.1) is 0 Å². The fourth-order valence-electron chi connectivity index (χ4n) is 0. The second kappa shape index (κ2) is 22.4. The van der Waals surface area contributed by atoms with Gasteiger partial charge in [0.15, 0.2) is 0 Å². The van der Waals surface area contributed by atoms with Crippen molar-refractivity contribution in [3.05, 3.63) is 0 Å². The van der Waals surface area contributed by atoms with E-state index in [0.717, 1.165) is 0 Å². The molecule has 0 aliphatic carbocycles. The topological polar surface area (TPSA) is 31.5 Å². The first kappa shape index (κ1) is 43.9. The Hall–Kier alpha value is 1.69. The fraction of sp³-hybridized carbons (Fsp3) is 0. The van der Waals surface area contributed by atoms with Crippen molar-refractivity contribution in [3.63, 3.8) is 0 Å². The molecule has 0 saturated heterocycles. The average molecular weight is 188 g/mol. The van der Waals surface area contributed by atoms with E-state index in [1.54, 1.807) is 0 Å². The first-order chi connectivity index (χ1) is 0. The Balaban J connectivity index is 0. The summed E-state index contributed by atoms with van der Waals surface area (Å²) in [5, 5.41) is 0. The summed E-state index contributed by atoms with van der Waals surface area (Å²) >= 11 is 0. The van der Waals surface area contributed by atoms with Crippen molar-refractivity contribution in [2.45, 2.75) is 0 Å². The van der Waals surface area contributed by atoms with Gasteiger partial charge in [-0.3, -0.25) is 0 Å². The van der Waals surface area contributed by atoms with Crippen molar-refractivity contribution in [2.24, 2.45) is 0 Å². The molecule has 0 unspecified atom stereocenters. The van der Waals surface area contributed by atoms with Crippen molar-refractivity contribution in [1.82, 2.24) is 0 Å². The van der Waals surface area contributed by atoms with Gasteiger partial charge in [-0.15, -0.1) is 0 Å². The van der Waals surface area contributed by atoms with Crippen molar-refractivity contribution in [2.75, 3.05) is 0 Å². The number of hydrogen-bond donors (Lipinski definition) is 0. The van der Waals surface area contributed by atoms with Crippen LogP contribution in [0.25, 0.3) is 0 Å². The molecule has 0 spiro atoms. The van der Waals surface area contributed by atoms with E-state index in [4.69, 9.17) is 0 Å². The minimum Gasteiger partial charge on any atom is -0.412 e. The zero-order chi connectivity index (χ0) is 0. The Bertz CT molecular complexity index is 8.00. The number of hydrogen-bond acceptors (Lipinski definition) is 0. The van der Waals surface area contributed by atoms with Gasteiger partial charge in [-0.1, -0.05) is 0 Å². The van der Waals surface area contributed by atoms with Gasteiger partial charge in [-0.25, -0.2) is 0 Å². The van der Waals surface area contributed by atoms with Crippen LogP contribution in [0.1, 0.15) is 0 Å². The van der Waals surface area contributed by atoms with Crippen LogP contribution < -0.4 is 0 Å². The third-order valence-corrected chi connectivity index (χ3v) is 0. The molecule has 1 nitrogen and oxygen atoms in total. The summed E-state index contributed by atoms with van der Waals surface area (Å²) in [6.07, 6.45) is 0. The van der Waals surface area contributed by atoms with Crippen LogP contribution in [0.15, 0.2) is 0 Å². The second-order valence-corrected chi connectivity index (χ2v) is 0. The van der Waals surface area contributed by atoms with Crippen molar-refractivity contribution in [1.29, 1.82) is 0 Å². The molecule has 0 atom stereocenters. The third-order valence-electron chi connectivity index (χ3n) is 0. The van der Waals surface area contributed by atoms with Crippen LogP contribution in [0.2, 0.25) is 0 Å². The smallest absolute Gasteiger partial charge is 0 e. The first-order valence-electron chi connectivity index (χ1n) is 0. The normalized spacial score (nSPS) is 0. The predicted octanol–water partition coefficient (Wildman–Crippen LogP) is -0.832. The predicted molar refractivity (Wildman–Crippen MR) is 3.61 cm³/mol. The van der Waals surface area contributed by atoms with Crippen LogP contribution in [-0.2, 0) is 55.3 Å². The van der Waals surface area contributed by atoms with Crippen LogP contribution >= 0.6 is 0 Å². The average Bonchev–Trinajstić information content (AvgIpc) is 0. The molecule has 0 aliphatic heterocycles. The molecule has 0 aromatic rings. The molecule has 0 saturated carbocycles. The van der Waals surface area contributed by atoms with E-state index in [2.05, 4.69) is 0 Å². The maximum atomic E-state index is 0. The first-order valence-corrected chi connectivity index (χ1v) is 0. The van der Waals surface area contributed by atoms with Crippen molar-refractivity contribution >= 4 is 0 Å². The van der Waals surface area contributed by atoms with Gasteiger partial charge < -0.3 is 5.48 Å². The fourth-order valence-corrected chi connectivity index (χ4v) is 0. The molecule has 4 heavy (non-hydrogen) atoms. The van der Waals surface area contributed by atoms with Gasteiger partial charge in [0.1, 0.15) is 0 Å². The zero-order valence-electron chi connectivity index (χ0n) is 1.62. The molecule has 0 aromatic heterocycles. The SMILES string of the molecule is O.[Cu].[Ni].[Ti]. The molecule has 0 aliphatic rings. The van der Waals surface area contributed by atoms with E-state index < -0.39 is 0 Å². The van der Waals surface area contributed by atoms with Gasteiger partial charge in [0.2, 0.25) is 0 Å². The summed E-state index contributed by atoms with van der Waals surface area (Å²) in [7, 11) is 0. The van der Waals surface area contributed by atoms with Gasteiger partial charge in [0, 0.05) is 55.3 Å². The van der Waals surface area contributed by atoms with Crippen LogP contribution in [0.5, 0.6) is 0 Å². The Morgan fingerprint density at radius 3 is 1.00 bits per heavy atom. The molecule has 1 radical (unpaired) electrons. The second-order valence-electron chi connectivity index (χ2n) is 0. The molecule has 0 fully saturated rings. The molecule has 4 heteroatoms. The van der Waals surface area contributed by atoms with Crippen LogP contribution in [-0.4, -0.2) is 5.48 Å². The van der Waals surface area contributed by atoms with Gasteiger partial charge >= 0.3 is 0 Å². The summed E-state index contributed by atoms with van der Waals surface area (Å²) in [6, 6.07) is 0. The molecule has 0 amide bonds. The summed E-state index contributed by atoms with van der Waals surface area (Å²) in [5.74, 6) is 0. The van der Waals surface area contributed by atoms with Crippen molar-refractivity contribution < 1.29 is 60.8 Å². The largest absolute Gasteiger partial charge is 0.412 e. The standard InChI is InChI=1S/Cu.Ni.H2O.Ti/h;;1H2;. The molecular formula is H2CuNiOTi. The molecular weight excluding hydrogens is 186 g/mol. The van der Waals surface area contributed by atoms with Gasteiger partial charge in [-0.2, -0.15) is 0 Å². The monoisotopic (exact) mass is 187 g/mol. The summed E-state index contributed by atoms with van der Waals surface area (Å²) < 4.78 is 0. The van der Waals surface area contributed by atoms with Crippen LogP contribution in [0.4, 0.5) is 0 Å². The summed E-state index contributed by atoms with van der Waals surface area (Å²) in [5.41, 5.74) is 0. The molecule has 2 N–H and O–H groups in total. The zero-order valence-corrected chi connectivity index (χ0v) is 5.11. The van der Waals surface area contributed by atoms with Gasteiger partial charge in [-0.05, 0) is 0 Å². The van der Waals surface area contributed by atoms with Crippen LogP contribution in [0, 0.1) is 0 Å². The van der Waals surface area contributed by atoms with Crippen LogP contribution in [0.3, 0.4) is 0 Å². The Kier molecular flexibility index (Phi) is 246. The van der Waals surface area contributed by atoms with E-state index in [1.807, 2.05) is 0 Å². The minimum absolute atomic E-state index is 0. The quantitative estimate of drug-likeness (QED) is 0.444. The molecule has 0 heterocycles. The molecule has 33 valence electrons. The maximum Gasteiger partial charge on any atom is 0 e. The molecule has 0 rings (SSSR count). The third kappa shape index (κ3) is 9.35. The number of rotatable bonds is 0. The van der Waals surface area contributed by atoms with Crippen molar-refractivity contribution in [3.8, 4) is 0 Å². The Morgan fingerprint density at radius 2 is 1.00 bits per heavy atom. The Labute approximate surface area is 60.5 Å². The maximum absolute atomic E-state index is 0. The van der Waals surface area contributed by atoms with E-state index >= 15 is 0 Å². The van der Waals surface area contributed by atoms with E-state index in [1.165, 1.54) is 0 Å². The van der Waals surface area contributed by atoms with E-state index in [9.17, 15) is 0 Å². The summed E-state index contributed by atoms with van der Waals surface area (Å²) in [4.78, 5) is 0. The Morgan fingerprint density at radius 1 is 1.00 bits per heavy atom. The van der Waals surface area contributed by atoms with E-state index in [0.29, 0.717) is 0 Å². The molecule has 0 bridgehead atoms. The van der Waals surface area contributed by atoms with Gasteiger partial charge in [0.25, 0.3) is 0 Å². The molecule has 0 aromatic carbocycles. The van der Waals surface area contributed by atoms with E-state index in [-0.39, 0.29) is 60.8 Å².